The van der Waals surface area contributed by atoms with E-state index in [0.29, 0.717) is 50.8 Å². The van der Waals surface area contributed by atoms with Crippen molar-refractivity contribution in [3.05, 3.63) is 52.2 Å². The Hall–Kier alpha value is -1.93. The molecule has 2 aromatic rings. The lowest BCUT2D eigenvalue weighted by Crippen LogP contribution is -2.50. The highest BCUT2D eigenvalue weighted by Gasteiger charge is 2.25. The Bertz CT molecular complexity index is 730. The summed E-state index contributed by atoms with van der Waals surface area (Å²) < 4.78 is 11.2. The third-order valence-electron chi connectivity index (χ3n) is 4.68. The Morgan fingerprint density at radius 1 is 1.18 bits per heavy atom. The zero-order chi connectivity index (χ0) is 19.8. The standard InChI is InChI=1S/C21H28N2O4S/c1-2-27-20-8-4-3-7-19(20)21(25)23-11-9-22(10-12-23)14-17(24)15-26-16-18-6-5-13-28-18/h3-8,13,17,24H,2,9-12,14-16H2,1H3. The summed E-state index contributed by atoms with van der Waals surface area (Å²) in [7, 11) is 0. The number of aliphatic hydroxyl groups is 1. The molecule has 0 spiro atoms. The van der Waals surface area contributed by atoms with Crippen LogP contribution >= 0.6 is 11.3 Å². The summed E-state index contributed by atoms with van der Waals surface area (Å²) in [4.78, 5) is 18.0. The van der Waals surface area contributed by atoms with E-state index in [0.717, 1.165) is 18.0 Å². The van der Waals surface area contributed by atoms with E-state index in [4.69, 9.17) is 9.47 Å². The van der Waals surface area contributed by atoms with Crippen LogP contribution in [0.3, 0.4) is 0 Å². The first-order chi connectivity index (χ1) is 13.7. The molecule has 3 rings (SSSR count). The van der Waals surface area contributed by atoms with Crippen molar-refractivity contribution in [1.82, 2.24) is 9.80 Å². The monoisotopic (exact) mass is 404 g/mol. The molecule has 2 heterocycles. The minimum Gasteiger partial charge on any atom is -0.493 e. The first-order valence-corrected chi connectivity index (χ1v) is 10.6. The summed E-state index contributed by atoms with van der Waals surface area (Å²) in [6, 6.07) is 11.4. The van der Waals surface area contributed by atoms with Crippen LogP contribution in [0.4, 0.5) is 0 Å². The Kier molecular flexibility index (Phi) is 7.85. The van der Waals surface area contributed by atoms with E-state index in [1.54, 1.807) is 11.3 Å². The molecule has 1 N–H and O–H groups in total. The van der Waals surface area contributed by atoms with Gasteiger partial charge < -0.3 is 19.5 Å². The Labute approximate surface area is 170 Å². The summed E-state index contributed by atoms with van der Waals surface area (Å²) in [6.45, 7) is 6.62. The Morgan fingerprint density at radius 3 is 2.68 bits per heavy atom. The molecule has 0 radical (unpaired) electrons. The van der Waals surface area contributed by atoms with E-state index in [1.807, 2.05) is 53.6 Å². The molecule has 28 heavy (non-hydrogen) atoms. The van der Waals surface area contributed by atoms with E-state index < -0.39 is 6.10 Å². The molecule has 1 aromatic heterocycles. The Morgan fingerprint density at radius 2 is 1.96 bits per heavy atom. The van der Waals surface area contributed by atoms with Crippen LogP contribution in [0.15, 0.2) is 41.8 Å². The second-order valence-corrected chi connectivity index (χ2v) is 7.80. The third-order valence-corrected chi connectivity index (χ3v) is 5.53. The molecule has 1 aliphatic heterocycles. The number of aliphatic hydroxyl groups excluding tert-OH is 1. The second kappa shape index (κ2) is 10.6. The van der Waals surface area contributed by atoms with Crippen LogP contribution in [-0.2, 0) is 11.3 Å². The van der Waals surface area contributed by atoms with Crippen LogP contribution in [0.25, 0.3) is 0 Å². The number of rotatable bonds is 9. The number of benzene rings is 1. The van der Waals surface area contributed by atoms with Gasteiger partial charge in [-0.3, -0.25) is 9.69 Å². The summed E-state index contributed by atoms with van der Waals surface area (Å²) in [5.74, 6) is 0.638. The summed E-state index contributed by atoms with van der Waals surface area (Å²) in [5, 5.41) is 12.2. The van der Waals surface area contributed by atoms with Gasteiger partial charge in [0.05, 0.1) is 31.5 Å². The molecule has 0 bridgehead atoms. The summed E-state index contributed by atoms with van der Waals surface area (Å²) in [5.41, 5.74) is 0.611. The number of hydrogen-bond donors (Lipinski definition) is 1. The largest absolute Gasteiger partial charge is 0.493 e. The highest BCUT2D eigenvalue weighted by atomic mass is 32.1. The van der Waals surface area contributed by atoms with Crippen molar-refractivity contribution in [1.29, 1.82) is 0 Å². The smallest absolute Gasteiger partial charge is 0.257 e. The average molecular weight is 405 g/mol. The fraction of sp³-hybridized carbons (Fsp3) is 0.476. The number of carbonyl (C=O) groups excluding carboxylic acids is 1. The number of nitrogens with zero attached hydrogens (tertiary/aromatic N) is 2. The van der Waals surface area contributed by atoms with Gasteiger partial charge in [0.2, 0.25) is 0 Å². The zero-order valence-electron chi connectivity index (χ0n) is 16.3. The van der Waals surface area contributed by atoms with Gasteiger partial charge in [-0.15, -0.1) is 11.3 Å². The predicted octanol–water partition coefficient (Wildman–Crippen LogP) is 2.48. The SMILES string of the molecule is CCOc1ccccc1C(=O)N1CCN(CC(O)COCc2cccs2)CC1. The van der Waals surface area contributed by atoms with Gasteiger partial charge in [-0.1, -0.05) is 18.2 Å². The number of hydrogen-bond acceptors (Lipinski definition) is 6. The van der Waals surface area contributed by atoms with Gasteiger partial charge >= 0.3 is 0 Å². The minimum absolute atomic E-state index is 0.00327. The molecule has 1 aromatic carbocycles. The molecule has 1 fully saturated rings. The van der Waals surface area contributed by atoms with Crippen molar-refractivity contribution in [2.75, 3.05) is 45.9 Å². The van der Waals surface area contributed by atoms with Crippen molar-refractivity contribution >= 4 is 17.2 Å². The van der Waals surface area contributed by atoms with Crippen molar-refractivity contribution in [3.8, 4) is 5.75 Å². The third kappa shape index (κ3) is 5.78. The number of ether oxygens (including phenoxy) is 2. The lowest BCUT2D eigenvalue weighted by atomic mass is 10.1. The number of piperazine rings is 1. The predicted molar refractivity (Wildman–Crippen MR) is 110 cm³/mol. The molecule has 7 heteroatoms. The first kappa shape index (κ1) is 20.8. The van der Waals surface area contributed by atoms with E-state index in [-0.39, 0.29) is 5.91 Å². The molecule has 0 aliphatic carbocycles. The van der Waals surface area contributed by atoms with Gasteiger partial charge in [0.25, 0.3) is 5.91 Å². The van der Waals surface area contributed by atoms with Gasteiger partial charge in [-0.25, -0.2) is 0 Å². The Balaban J connectivity index is 1.42. The van der Waals surface area contributed by atoms with Crippen LogP contribution in [-0.4, -0.2) is 72.9 Å². The highest BCUT2D eigenvalue weighted by Crippen LogP contribution is 2.20. The number of β-amino-alcohol motifs (C(OH)–C–C–N with tert-alkyl or cyclic N) is 1. The highest BCUT2D eigenvalue weighted by molar-refractivity contribution is 7.09. The maximum absolute atomic E-state index is 12.8. The molecule has 152 valence electrons. The lowest BCUT2D eigenvalue weighted by molar-refractivity contribution is 0.00268. The maximum Gasteiger partial charge on any atom is 0.257 e. The quantitative estimate of drug-likeness (QED) is 0.696. The molecule has 0 saturated carbocycles. The van der Waals surface area contributed by atoms with Gasteiger partial charge in [-0.2, -0.15) is 0 Å². The number of amides is 1. The van der Waals surface area contributed by atoms with Gasteiger partial charge in [-0.05, 0) is 30.5 Å². The molecule has 6 nitrogen and oxygen atoms in total. The van der Waals surface area contributed by atoms with Crippen molar-refractivity contribution in [2.45, 2.75) is 19.6 Å². The number of para-hydroxylation sites is 1. The van der Waals surface area contributed by atoms with E-state index in [1.165, 1.54) is 0 Å². The van der Waals surface area contributed by atoms with Crippen LogP contribution in [0.5, 0.6) is 5.75 Å². The van der Waals surface area contributed by atoms with Gasteiger partial charge in [0.15, 0.2) is 0 Å². The summed E-state index contributed by atoms with van der Waals surface area (Å²) >= 11 is 1.65. The maximum atomic E-state index is 12.8. The van der Waals surface area contributed by atoms with E-state index >= 15 is 0 Å². The normalized spacial score (nSPS) is 16.1. The van der Waals surface area contributed by atoms with E-state index in [2.05, 4.69) is 4.90 Å². The van der Waals surface area contributed by atoms with Crippen LogP contribution in [0, 0.1) is 0 Å². The van der Waals surface area contributed by atoms with Crippen LogP contribution in [0.1, 0.15) is 22.2 Å². The molecular formula is C21H28N2O4S. The number of thiophene rings is 1. The molecule has 1 unspecified atom stereocenters. The fourth-order valence-electron chi connectivity index (χ4n) is 3.27. The molecule has 1 saturated heterocycles. The first-order valence-electron chi connectivity index (χ1n) is 9.69. The van der Waals surface area contributed by atoms with Gasteiger partial charge in [0.1, 0.15) is 5.75 Å². The average Bonchev–Trinajstić information content (AvgIpc) is 3.22. The lowest BCUT2D eigenvalue weighted by Gasteiger charge is -2.35. The topological polar surface area (TPSA) is 62.2 Å². The van der Waals surface area contributed by atoms with Crippen molar-refractivity contribution in [3.63, 3.8) is 0 Å². The number of carbonyl (C=O) groups is 1. The molecule has 1 amide bonds. The van der Waals surface area contributed by atoms with E-state index in [9.17, 15) is 9.90 Å². The molecule has 1 atom stereocenters. The summed E-state index contributed by atoms with van der Waals surface area (Å²) in [6.07, 6.45) is -0.527. The minimum atomic E-state index is -0.527. The van der Waals surface area contributed by atoms with Gasteiger partial charge in [0, 0.05) is 37.6 Å². The molecular weight excluding hydrogens is 376 g/mol. The second-order valence-electron chi connectivity index (χ2n) is 6.77. The van der Waals surface area contributed by atoms with Crippen molar-refractivity contribution < 1.29 is 19.4 Å². The molecule has 1 aliphatic rings. The fourth-order valence-corrected chi connectivity index (χ4v) is 3.91. The van der Waals surface area contributed by atoms with Crippen LogP contribution in [0.2, 0.25) is 0 Å². The van der Waals surface area contributed by atoms with Crippen LogP contribution < -0.4 is 4.74 Å². The zero-order valence-corrected chi connectivity index (χ0v) is 17.1. The van der Waals surface area contributed by atoms with Crippen molar-refractivity contribution in [2.24, 2.45) is 0 Å².